The summed E-state index contributed by atoms with van der Waals surface area (Å²) >= 11 is 0. The van der Waals surface area contributed by atoms with E-state index in [0.717, 1.165) is 0 Å². The van der Waals surface area contributed by atoms with Gasteiger partial charge < -0.3 is 4.52 Å². The molecule has 3 aromatic rings. The Morgan fingerprint density at radius 3 is 2.19 bits per heavy atom. The van der Waals surface area contributed by atoms with Crippen LogP contribution in [0.4, 0.5) is 0 Å². The molecule has 0 atom stereocenters. The van der Waals surface area contributed by atoms with E-state index < -0.39 is 10.0 Å². The third kappa shape index (κ3) is 3.39. The Morgan fingerprint density at radius 1 is 0.935 bits per heavy atom. The zero-order valence-corrected chi connectivity index (χ0v) is 17.6. The van der Waals surface area contributed by atoms with Crippen LogP contribution in [-0.4, -0.2) is 53.8 Å². The Hall–Kier alpha value is -3.17. The van der Waals surface area contributed by atoms with Crippen molar-refractivity contribution in [2.45, 2.75) is 18.8 Å². The summed E-state index contributed by atoms with van der Waals surface area (Å²) in [6, 6.07) is 11.7. The quantitative estimate of drug-likeness (QED) is 0.484. The van der Waals surface area contributed by atoms with Crippen molar-refractivity contribution in [3.8, 4) is 11.5 Å². The number of benzene rings is 2. The summed E-state index contributed by atoms with van der Waals surface area (Å²) < 4.78 is 30.3. The number of ketones is 2. The second kappa shape index (κ2) is 7.21. The molecule has 0 N–H and O–H groups in total. The smallest absolute Gasteiger partial charge is 0.257 e. The molecule has 8 nitrogen and oxygen atoms in total. The average molecular weight is 437 g/mol. The number of nitrogens with zero attached hydrogens (tertiary/aromatic N) is 3. The van der Waals surface area contributed by atoms with Gasteiger partial charge >= 0.3 is 0 Å². The van der Waals surface area contributed by atoms with Crippen LogP contribution in [0.5, 0.6) is 0 Å². The largest absolute Gasteiger partial charge is 0.334 e. The zero-order valence-electron chi connectivity index (χ0n) is 16.7. The Bertz CT molecular complexity index is 1320. The normalized spacial score (nSPS) is 17.5. The van der Waals surface area contributed by atoms with Gasteiger partial charge in [0.1, 0.15) is 0 Å². The number of carbonyl (C=O) groups is 2. The number of piperidine rings is 1. The van der Waals surface area contributed by atoms with Crippen molar-refractivity contribution in [1.29, 1.82) is 0 Å². The van der Waals surface area contributed by atoms with Gasteiger partial charge in [-0.15, -0.1) is 0 Å². The van der Waals surface area contributed by atoms with Crippen molar-refractivity contribution in [3.63, 3.8) is 0 Å². The molecule has 0 unspecified atom stereocenters. The summed E-state index contributed by atoms with van der Waals surface area (Å²) in [6.07, 6.45) is 2.43. The molecule has 0 saturated carbocycles. The fraction of sp³-hybridized carbons (Fsp3) is 0.273. The molecule has 5 rings (SSSR count). The first-order valence-corrected chi connectivity index (χ1v) is 11.8. The molecule has 9 heteroatoms. The van der Waals surface area contributed by atoms with Crippen LogP contribution in [-0.2, 0) is 10.0 Å². The third-order valence-electron chi connectivity index (χ3n) is 5.90. The van der Waals surface area contributed by atoms with Gasteiger partial charge in [0.2, 0.25) is 10.0 Å². The van der Waals surface area contributed by atoms with Gasteiger partial charge in [-0.25, -0.2) is 12.7 Å². The van der Waals surface area contributed by atoms with Crippen LogP contribution < -0.4 is 0 Å². The number of hydrogen-bond acceptors (Lipinski definition) is 7. The van der Waals surface area contributed by atoms with E-state index >= 15 is 0 Å². The van der Waals surface area contributed by atoms with Crippen molar-refractivity contribution in [3.05, 3.63) is 70.5 Å². The van der Waals surface area contributed by atoms with Gasteiger partial charge in [-0.1, -0.05) is 29.4 Å². The lowest BCUT2D eigenvalue weighted by molar-refractivity contribution is 0.0979. The van der Waals surface area contributed by atoms with Gasteiger partial charge in [-0.2, -0.15) is 4.98 Å². The Kier molecular flexibility index (Phi) is 4.60. The number of aromatic nitrogens is 2. The maximum Gasteiger partial charge on any atom is 0.257 e. The van der Waals surface area contributed by atoms with Crippen LogP contribution >= 0.6 is 0 Å². The summed E-state index contributed by atoms with van der Waals surface area (Å²) in [5.41, 5.74) is 2.05. The molecule has 0 bridgehead atoms. The lowest BCUT2D eigenvalue weighted by Gasteiger charge is -2.28. The van der Waals surface area contributed by atoms with Crippen LogP contribution in [0.25, 0.3) is 11.5 Å². The Morgan fingerprint density at radius 2 is 1.55 bits per heavy atom. The summed E-state index contributed by atoms with van der Waals surface area (Å²) in [7, 11) is -3.20. The maximum absolute atomic E-state index is 12.9. The topological polar surface area (TPSA) is 110 Å². The summed E-state index contributed by atoms with van der Waals surface area (Å²) in [5.74, 6) is 0.403. The van der Waals surface area contributed by atoms with Crippen LogP contribution in [0, 0.1) is 0 Å². The minimum atomic E-state index is -3.20. The number of fused-ring (bicyclic) bond motifs is 2. The molecule has 2 aliphatic rings. The zero-order chi connectivity index (χ0) is 21.8. The molecule has 2 aromatic carbocycles. The standard InChI is InChI=1S/C22H19N3O5S/c1-31(28,29)25-10-8-13(9-11-25)21-23-22(30-24-21)14-6-7-17-18(12-14)20(27)16-5-3-2-4-15(16)19(17)26/h2-7,12-13H,8-11H2,1H3. The number of sulfonamides is 1. The summed E-state index contributed by atoms with van der Waals surface area (Å²) in [6.45, 7) is 0.838. The number of rotatable bonds is 3. The Labute approximate surface area is 178 Å². The minimum Gasteiger partial charge on any atom is -0.334 e. The van der Waals surface area contributed by atoms with Gasteiger partial charge in [0.05, 0.1) is 6.26 Å². The first-order valence-electron chi connectivity index (χ1n) is 9.94. The third-order valence-corrected chi connectivity index (χ3v) is 7.21. The molecule has 158 valence electrons. The van der Waals surface area contributed by atoms with Gasteiger partial charge in [0, 0.05) is 46.8 Å². The highest BCUT2D eigenvalue weighted by Gasteiger charge is 2.31. The predicted molar refractivity (Wildman–Crippen MR) is 111 cm³/mol. The SMILES string of the molecule is CS(=O)(=O)N1CCC(c2noc(-c3ccc4c(c3)C(=O)c3ccccc3C4=O)n2)CC1. The van der Waals surface area contributed by atoms with Crippen molar-refractivity contribution in [1.82, 2.24) is 14.4 Å². The average Bonchev–Trinajstić information content (AvgIpc) is 3.27. The minimum absolute atomic E-state index is 0.00298. The van der Waals surface area contributed by atoms with Gasteiger partial charge in [-0.05, 0) is 31.0 Å². The molecule has 1 aromatic heterocycles. The monoisotopic (exact) mass is 437 g/mol. The molecule has 1 aliphatic carbocycles. The first kappa shape index (κ1) is 19.8. The second-order valence-corrected chi connectivity index (χ2v) is 9.84. The van der Waals surface area contributed by atoms with Crippen molar-refractivity contribution in [2.24, 2.45) is 0 Å². The van der Waals surface area contributed by atoms with E-state index in [1.165, 1.54) is 10.6 Å². The van der Waals surface area contributed by atoms with Crippen molar-refractivity contribution < 1.29 is 22.5 Å². The lowest BCUT2D eigenvalue weighted by Crippen LogP contribution is -2.37. The molecule has 31 heavy (non-hydrogen) atoms. The van der Waals surface area contributed by atoms with E-state index in [2.05, 4.69) is 10.1 Å². The molecule has 0 radical (unpaired) electrons. The highest BCUT2D eigenvalue weighted by molar-refractivity contribution is 7.88. The maximum atomic E-state index is 12.9. The van der Waals surface area contributed by atoms with Crippen LogP contribution in [0.15, 0.2) is 47.0 Å². The molecule has 0 spiro atoms. The van der Waals surface area contributed by atoms with Gasteiger partial charge in [-0.3, -0.25) is 9.59 Å². The fourth-order valence-corrected chi connectivity index (χ4v) is 5.07. The van der Waals surface area contributed by atoms with E-state index in [1.807, 2.05) is 0 Å². The summed E-state index contributed by atoms with van der Waals surface area (Å²) in [5, 5.41) is 4.08. The van der Waals surface area contributed by atoms with Crippen LogP contribution in [0.2, 0.25) is 0 Å². The fourth-order valence-electron chi connectivity index (χ4n) is 4.20. The Balaban J connectivity index is 1.41. The molecule has 1 aliphatic heterocycles. The van der Waals surface area contributed by atoms with E-state index in [0.29, 0.717) is 59.6 Å². The molecular formula is C22H19N3O5S. The van der Waals surface area contributed by atoms with Gasteiger partial charge in [0.15, 0.2) is 17.4 Å². The molecule has 1 saturated heterocycles. The predicted octanol–water partition coefficient (Wildman–Crippen LogP) is 2.65. The van der Waals surface area contributed by atoms with Gasteiger partial charge in [0.25, 0.3) is 5.89 Å². The van der Waals surface area contributed by atoms with E-state index in [1.54, 1.807) is 42.5 Å². The highest BCUT2D eigenvalue weighted by Crippen LogP contribution is 2.32. The number of carbonyl (C=O) groups excluding carboxylic acids is 2. The van der Waals surface area contributed by atoms with Crippen molar-refractivity contribution >= 4 is 21.6 Å². The first-order chi connectivity index (χ1) is 14.8. The summed E-state index contributed by atoms with van der Waals surface area (Å²) in [4.78, 5) is 30.2. The number of hydrogen-bond donors (Lipinski definition) is 0. The van der Waals surface area contributed by atoms with Crippen molar-refractivity contribution in [2.75, 3.05) is 19.3 Å². The van der Waals surface area contributed by atoms with Crippen LogP contribution in [0.1, 0.15) is 56.4 Å². The molecular weight excluding hydrogens is 418 g/mol. The molecule has 2 heterocycles. The van der Waals surface area contributed by atoms with E-state index in [9.17, 15) is 18.0 Å². The molecule has 1 fully saturated rings. The molecule has 0 amide bonds. The highest BCUT2D eigenvalue weighted by atomic mass is 32.2. The lowest BCUT2D eigenvalue weighted by atomic mass is 9.83. The van der Waals surface area contributed by atoms with E-state index in [4.69, 9.17) is 4.52 Å². The van der Waals surface area contributed by atoms with E-state index in [-0.39, 0.29) is 23.4 Å². The second-order valence-electron chi connectivity index (χ2n) is 7.86. The van der Waals surface area contributed by atoms with Crippen LogP contribution in [0.3, 0.4) is 0 Å².